The first kappa shape index (κ1) is 25.3. The van der Waals surface area contributed by atoms with E-state index in [1.807, 2.05) is 35.8 Å². The first-order valence-corrected chi connectivity index (χ1v) is 13.3. The molecular formula is C27H39ClN2O4. The number of aliphatic hydroxyl groups is 1. The van der Waals surface area contributed by atoms with Crippen molar-refractivity contribution in [3.63, 3.8) is 0 Å². The van der Waals surface area contributed by atoms with Crippen LogP contribution in [-0.4, -0.2) is 65.6 Å². The smallest absolute Gasteiger partial charge is 0.225 e. The predicted molar refractivity (Wildman–Crippen MR) is 133 cm³/mol. The van der Waals surface area contributed by atoms with Gasteiger partial charge in [0.05, 0.1) is 12.7 Å². The number of aryl methyl sites for hydroxylation is 2. The van der Waals surface area contributed by atoms with Gasteiger partial charge in [-0.3, -0.25) is 9.59 Å². The Bertz CT molecular complexity index is 870. The summed E-state index contributed by atoms with van der Waals surface area (Å²) in [5.41, 5.74) is 1.52. The third-order valence-electron chi connectivity index (χ3n) is 7.98. The van der Waals surface area contributed by atoms with E-state index in [0.717, 1.165) is 67.0 Å². The Morgan fingerprint density at radius 3 is 2.32 bits per heavy atom. The van der Waals surface area contributed by atoms with E-state index in [1.54, 1.807) is 0 Å². The maximum atomic E-state index is 13.3. The van der Waals surface area contributed by atoms with Gasteiger partial charge in [0.2, 0.25) is 11.8 Å². The van der Waals surface area contributed by atoms with E-state index in [2.05, 4.69) is 0 Å². The van der Waals surface area contributed by atoms with Crippen molar-refractivity contribution >= 4 is 23.4 Å². The number of ether oxygens (including phenoxy) is 1. The molecular weight excluding hydrogens is 452 g/mol. The van der Waals surface area contributed by atoms with Crippen LogP contribution in [0.1, 0.15) is 68.9 Å². The molecule has 1 aromatic carbocycles. The van der Waals surface area contributed by atoms with E-state index >= 15 is 0 Å². The summed E-state index contributed by atoms with van der Waals surface area (Å²) in [4.78, 5) is 30.5. The second kappa shape index (κ2) is 10.9. The molecule has 6 nitrogen and oxygen atoms in total. The van der Waals surface area contributed by atoms with Crippen LogP contribution in [-0.2, 0) is 9.59 Å². The number of nitrogens with zero attached hydrogens (tertiary/aromatic N) is 2. The lowest BCUT2D eigenvalue weighted by Gasteiger charge is -2.44. The Morgan fingerprint density at radius 2 is 1.68 bits per heavy atom. The number of hydrogen-bond acceptors (Lipinski definition) is 4. The van der Waals surface area contributed by atoms with Crippen molar-refractivity contribution in [2.24, 2.45) is 11.3 Å². The second-order valence-corrected chi connectivity index (χ2v) is 11.2. The number of rotatable bonds is 6. The molecule has 0 bridgehead atoms. The van der Waals surface area contributed by atoms with E-state index in [4.69, 9.17) is 16.3 Å². The Kier molecular flexibility index (Phi) is 8.08. The second-order valence-electron chi connectivity index (χ2n) is 10.8. The van der Waals surface area contributed by atoms with Crippen LogP contribution in [0.15, 0.2) is 12.1 Å². The summed E-state index contributed by atoms with van der Waals surface area (Å²) in [6.07, 6.45) is 7.28. The maximum Gasteiger partial charge on any atom is 0.225 e. The SMILES string of the molecule is Cc1cc(OC[C@@]2(CC(=O)N3CCC(O)CC3)CCCN(C(=O)C3CCCC3)C2)cc(C)c1Cl. The largest absolute Gasteiger partial charge is 0.493 e. The molecule has 0 radical (unpaired) electrons. The molecule has 1 aliphatic carbocycles. The number of carbonyl (C=O) groups excluding carboxylic acids is 2. The van der Waals surface area contributed by atoms with Crippen LogP contribution in [0, 0.1) is 25.2 Å². The fraction of sp³-hybridized carbons (Fsp3) is 0.704. The van der Waals surface area contributed by atoms with Gasteiger partial charge in [-0.1, -0.05) is 24.4 Å². The van der Waals surface area contributed by atoms with Crippen LogP contribution in [0.25, 0.3) is 0 Å². The molecule has 7 heteroatoms. The number of halogens is 1. The lowest BCUT2D eigenvalue weighted by Crippen LogP contribution is -2.52. The maximum absolute atomic E-state index is 13.3. The number of likely N-dealkylation sites (tertiary alicyclic amines) is 2. The highest BCUT2D eigenvalue weighted by molar-refractivity contribution is 6.32. The molecule has 3 aliphatic rings. The van der Waals surface area contributed by atoms with E-state index < -0.39 is 5.41 Å². The number of carbonyl (C=O) groups is 2. The van der Waals surface area contributed by atoms with E-state index in [-0.39, 0.29) is 23.8 Å². The monoisotopic (exact) mass is 490 g/mol. The standard InChI is InChI=1S/C27H39ClN2O4/c1-19-14-23(15-20(2)25(19)28)34-18-27(16-24(32)29-12-8-22(31)9-13-29)10-5-11-30(17-27)26(33)21-6-3-4-7-21/h14-15,21-22,31H,3-13,16-18H2,1-2H3/t27-/m1/s1. The van der Waals surface area contributed by atoms with E-state index in [9.17, 15) is 14.7 Å². The molecule has 34 heavy (non-hydrogen) atoms. The number of hydrogen-bond donors (Lipinski definition) is 1. The molecule has 0 aromatic heterocycles. The lowest BCUT2D eigenvalue weighted by molar-refractivity contribution is -0.144. The summed E-state index contributed by atoms with van der Waals surface area (Å²) in [6, 6.07) is 3.89. The van der Waals surface area contributed by atoms with Crippen LogP contribution in [0.3, 0.4) is 0 Å². The van der Waals surface area contributed by atoms with Gasteiger partial charge in [0.25, 0.3) is 0 Å². The van der Waals surface area contributed by atoms with Crippen LogP contribution < -0.4 is 4.74 Å². The zero-order valence-electron chi connectivity index (χ0n) is 20.7. The fourth-order valence-corrected chi connectivity index (χ4v) is 6.02. The molecule has 1 atom stereocenters. The zero-order valence-corrected chi connectivity index (χ0v) is 21.4. The average Bonchev–Trinajstić information content (AvgIpc) is 3.36. The predicted octanol–water partition coefficient (Wildman–Crippen LogP) is 4.51. The Balaban J connectivity index is 1.51. The van der Waals surface area contributed by atoms with Crippen LogP contribution >= 0.6 is 11.6 Å². The van der Waals surface area contributed by atoms with Gasteiger partial charge in [0.15, 0.2) is 0 Å². The highest BCUT2D eigenvalue weighted by Gasteiger charge is 2.42. The van der Waals surface area contributed by atoms with Crippen LogP contribution in [0.2, 0.25) is 5.02 Å². The van der Waals surface area contributed by atoms with Gasteiger partial charge < -0.3 is 19.6 Å². The molecule has 2 saturated heterocycles. The number of amides is 2. The van der Waals surface area contributed by atoms with Gasteiger partial charge in [-0.2, -0.15) is 0 Å². The van der Waals surface area contributed by atoms with Gasteiger partial charge in [0.1, 0.15) is 5.75 Å². The molecule has 2 aliphatic heterocycles. The molecule has 1 saturated carbocycles. The summed E-state index contributed by atoms with van der Waals surface area (Å²) in [5, 5.41) is 10.6. The Hall–Kier alpha value is -1.79. The first-order chi connectivity index (χ1) is 16.3. The average molecular weight is 491 g/mol. The zero-order chi connectivity index (χ0) is 24.3. The molecule has 0 unspecified atom stereocenters. The minimum absolute atomic E-state index is 0.106. The van der Waals surface area contributed by atoms with Crippen molar-refractivity contribution in [3.8, 4) is 5.75 Å². The lowest BCUT2D eigenvalue weighted by atomic mass is 9.76. The Labute approximate surface area is 208 Å². The molecule has 2 heterocycles. The summed E-state index contributed by atoms with van der Waals surface area (Å²) < 4.78 is 6.32. The molecule has 1 aromatic rings. The fourth-order valence-electron chi connectivity index (χ4n) is 5.91. The normalized spacial score (nSPS) is 24.5. The van der Waals surface area contributed by atoms with Crippen molar-refractivity contribution in [3.05, 3.63) is 28.3 Å². The number of benzene rings is 1. The van der Waals surface area contributed by atoms with Gasteiger partial charge >= 0.3 is 0 Å². The molecule has 3 fully saturated rings. The highest BCUT2D eigenvalue weighted by Crippen LogP contribution is 2.38. The minimum Gasteiger partial charge on any atom is -0.493 e. The van der Waals surface area contributed by atoms with Crippen LogP contribution in [0.5, 0.6) is 5.75 Å². The minimum atomic E-state index is -0.416. The molecule has 4 rings (SSSR count). The highest BCUT2D eigenvalue weighted by atomic mass is 35.5. The Morgan fingerprint density at radius 1 is 1.03 bits per heavy atom. The van der Waals surface area contributed by atoms with Crippen LogP contribution in [0.4, 0.5) is 0 Å². The van der Waals surface area contributed by atoms with Crippen molar-refractivity contribution in [2.75, 3.05) is 32.8 Å². The molecule has 0 spiro atoms. The molecule has 2 amide bonds. The van der Waals surface area contributed by atoms with Crippen molar-refractivity contribution in [2.45, 2.75) is 77.7 Å². The third kappa shape index (κ3) is 5.88. The number of piperidine rings is 2. The number of aliphatic hydroxyl groups excluding tert-OH is 1. The summed E-state index contributed by atoms with van der Waals surface area (Å²) in [7, 11) is 0. The van der Waals surface area contributed by atoms with E-state index in [0.29, 0.717) is 45.5 Å². The van der Waals surface area contributed by atoms with E-state index in [1.165, 1.54) is 0 Å². The van der Waals surface area contributed by atoms with Gasteiger partial charge in [-0.25, -0.2) is 0 Å². The summed E-state index contributed by atoms with van der Waals surface area (Å²) >= 11 is 6.34. The molecule has 188 valence electrons. The summed E-state index contributed by atoms with van der Waals surface area (Å²) in [5.74, 6) is 1.26. The molecule has 1 N–H and O–H groups in total. The van der Waals surface area contributed by atoms with Gasteiger partial charge in [0, 0.05) is 49.0 Å². The van der Waals surface area contributed by atoms with Crippen molar-refractivity contribution in [1.82, 2.24) is 9.80 Å². The van der Waals surface area contributed by atoms with Gasteiger partial charge in [-0.15, -0.1) is 0 Å². The first-order valence-electron chi connectivity index (χ1n) is 12.9. The topological polar surface area (TPSA) is 70.1 Å². The van der Waals surface area contributed by atoms with Crippen molar-refractivity contribution in [1.29, 1.82) is 0 Å². The van der Waals surface area contributed by atoms with Gasteiger partial charge in [-0.05, 0) is 75.6 Å². The van der Waals surface area contributed by atoms with Crippen molar-refractivity contribution < 1.29 is 19.4 Å². The third-order valence-corrected chi connectivity index (χ3v) is 8.57. The summed E-state index contributed by atoms with van der Waals surface area (Å²) in [6.45, 7) is 6.85. The quantitative estimate of drug-likeness (QED) is 0.637.